The van der Waals surface area contributed by atoms with E-state index in [1.807, 2.05) is 0 Å². The standard InChI is InChI=1S/C11H22N2/c12-9-6-7-11(8-9)13-10-4-2-1-3-5-10/h9-11,13H,1-8,12H2. The third kappa shape index (κ3) is 2.68. The number of hydrogen-bond donors (Lipinski definition) is 2. The minimum absolute atomic E-state index is 0.473. The fourth-order valence-electron chi connectivity index (χ4n) is 2.77. The number of hydrogen-bond acceptors (Lipinski definition) is 2. The van der Waals surface area contributed by atoms with Crippen LogP contribution in [-0.2, 0) is 0 Å². The average Bonchev–Trinajstić information content (AvgIpc) is 2.53. The van der Waals surface area contributed by atoms with Crippen LogP contribution < -0.4 is 11.1 Å². The van der Waals surface area contributed by atoms with E-state index in [4.69, 9.17) is 5.73 Å². The van der Waals surface area contributed by atoms with Crippen LogP contribution in [0.4, 0.5) is 0 Å². The van der Waals surface area contributed by atoms with Crippen molar-refractivity contribution in [1.82, 2.24) is 5.32 Å². The Kier molecular flexibility index (Phi) is 3.23. The normalized spacial score (nSPS) is 36.7. The summed E-state index contributed by atoms with van der Waals surface area (Å²) >= 11 is 0. The molecule has 76 valence electrons. The Labute approximate surface area is 81.3 Å². The van der Waals surface area contributed by atoms with Gasteiger partial charge in [-0.05, 0) is 32.1 Å². The van der Waals surface area contributed by atoms with Gasteiger partial charge < -0.3 is 11.1 Å². The first-order valence-corrected chi connectivity index (χ1v) is 5.86. The van der Waals surface area contributed by atoms with Gasteiger partial charge >= 0.3 is 0 Å². The minimum atomic E-state index is 0.473. The van der Waals surface area contributed by atoms with Crippen molar-refractivity contribution in [2.24, 2.45) is 5.73 Å². The predicted molar refractivity (Wildman–Crippen MR) is 55.6 cm³/mol. The quantitative estimate of drug-likeness (QED) is 0.683. The lowest BCUT2D eigenvalue weighted by molar-refractivity contribution is 0.336. The molecule has 0 aromatic rings. The van der Waals surface area contributed by atoms with Crippen LogP contribution in [0.5, 0.6) is 0 Å². The second-order valence-corrected chi connectivity index (χ2v) is 4.77. The first-order chi connectivity index (χ1) is 6.34. The molecular weight excluding hydrogens is 160 g/mol. The second kappa shape index (κ2) is 4.43. The van der Waals surface area contributed by atoms with Gasteiger partial charge in [0.25, 0.3) is 0 Å². The molecule has 0 spiro atoms. The summed E-state index contributed by atoms with van der Waals surface area (Å²) in [7, 11) is 0. The van der Waals surface area contributed by atoms with Gasteiger partial charge in [0, 0.05) is 18.1 Å². The zero-order valence-electron chi connectivity index (χ0n) is 8.47. The summed E-state index contributed by atoms with van der Waals surface area (Å²) < 4.78 is 0. The highest BCUT2D eigenvalue weighted by atomic mass is 15.0. The van der Waals surface area contributed by atoms with Crippen molar-refractivity contribution >= 4 is 0 Å². The van der Waals surface area contributed by atoms with E-state index < -0.39 is 0 Å². The predicted octanol–water partition coefficient (Wildman–Crippen LogP) is 1.79. The Hall–Kier alpha value is -0.0800. The zero-order valence-corrected chi connectivity index (χ0v) is 8.47. The molecular formula is C11H22N2. The van der Waals surface area contributed by atoms with Gasteiger partial charge in [-0.25, -0.2) is 0 Å². The van der Waals surface area contributed by atoms with E-state index in [1.165, 1.54) is 51.4 Å². The van der Waals surface area contributed by atoms with E-state index in [0.717, 1.165) is 12.1 Å². The molecule has 0 aliphatic heterocycles. The van der Waals surface area contributed by atoms with Crippen molar-refractivity contribution < 1.29 is 0 Å². The molecule has 0 heterocycles. The third-order valence-electron chi connectivity index (χ3n) is 3.55. The van der Waals surface area contributed by atoms with E-state index in [9.17, 15) is 0 Å². The molecule has 0 saturated heterocycles. The van der Waals surface area contributed by atoms with Crippen LogP contribution in [-0.4, -0.2) is 18.1 Å². The van der Waals surface area contributed by atoms with Gasteiger partial charge in [0.05, 0.1) is 0 Å². The summed E-state index contributed by atoms with van der Waals surface area (Å²) in [5, 5.41) is 3.77. The second-order valence-electron chi connectivity index (χ2n) is 4.77. The summed E-state index contributed by atoms with van der Waals surface area (Å²) in [6, 6.07) is 2.02. The third-order valence-corrected chi connectivity index (χ3v) is 3.55. The molecule has 2 atom stereocenters. The van der Waals surface area contributed by atoms with Gasteiger partial charge in [-0.1, -0.05) is 19.3 Å². The molecule has 0 aromatic heterocycles. The minimum Gasteiger partial charge on any atom is -0.328 e. The molecule has 0 amide bonds. The van der Waals surface area contributed by atoms with E-state index in [0.29, 0.717) is 6.04 Å². The van der Waals surface area contributed by atoms with E-state index in [-0.39, 0.29) is 0 Å². The summed E-state index contributed by atoms with van der Waals surface area (Å²) in [6.45, 7) is 0. The van der Waals surface area contributed by atoms with Crippen LogP contribution in [0, 0.1) is 0 Å². The van der Waals surface area contributed by atoms with Gasteiger partial charge in [0.1, 0.15) is 0 Å². The van der Waals surface area contributed by atoms with Gasteiger partial charge in [-0.2, -0.15) is 0 Å². The number of nitrogens with one attached hydrogen (secondary N) is 1. The van der Waals surface area contributed by atoms with Crippen molar-refractivity contribution in [3.05, 3.63) is 0 Å². The van der Waals surface area contributed by atoms with E-state index >= 15 is 0 Å². The van der Waals surface area contributed by atoms with E-state index in [1.54, 1.807) is 0 Å². The SMILES string of the molecule is NC1CCC(NC2CCCCC2)C1. The Morgan fingerprint density at radius 2 is 1.62 bits per heavy atom. The Morgan fingerprint density at radius 1 is 0.846 bits per heavy atom. The molecule has 2 saturated carbocycles. The van der Waals surface area contributed by atoms with Crippen molar-refractivity contribution in [3.63, 3.8) is 0 Å². The molecule has 0 bridgehead atoms. The highest BCUT2D eigenvalue weighted by Crippen LogP contribution is 2.22. The molecule has 13 heavy (non-hydrogen) atoms. The summed E-state index contributed by atoms with van der Waals surface area (Å²) in [5.74, 6) is 0. The smallest absolute Gasteiger partial charge is 0.00849 e. The molecule has 2 aliphatic carbocycles. The first-order valence-electron chi connectivity index (χ1n) is 5.86. The molecule has 2 unspecified atom stereocenters. The maximum Gasteiger partial charge on any atom is 0.00849 e. The highest BCUT2D eigenvalue weighted by Gasteiger charge is 2.24. The van der Waals surface area contributed by atoms with Crippen molar-refractivity contribution in [3.8, 4) is 0 Å². The topological polar surface area (TPSA) is 38.0 Å². The Bertz CT molecular complexity index is 149. The van der Waals surface area contributed by atoms with Gasteiger partial charge in [-0.3, -0.25) is 0 Å². The van der Waals surface area contributed by atoms with Gasteiger partial charge in [-0.15, -0.1) is 0 Å². The van der Waals surface area contributed by atoms with Crippen LogP contribution in [0.3, 0.4) is 0 Å². The Morgan fingerprint density at radius 3 is 2.23 bits per heavy atom. The lowest BCUT2D eigenvalue weighted by atomic mass is 9.95. The molecule has 2 rings (SSSR count). The fourth-order valence-corrected chi connectivity index (χ4v) is 2.77. The number of rotatable bonds is 2. The lowest BCUT2D eigenvalue weighted by Gasteiger charge is -2.26. The van der Waals surface area contributed by atoms with Gasteiger partial charge in [0.15, 0.2) is 0 Å². The van der Waals surface area contributed by atoms with E-state index in [2.05, 4.69) is 5.32 Å². The summed E-state index contributed by atoms with van der Waals surface area (Å²) in [5.41, 5.74) is 5.89. The molecule has 2 nitrogen and oxygen atoms in total. The van der Waals surface area contributed by atoms with Crippen LogP contribution in [0.2, 0.25) is 0 Å². The maximum atomic E-state index is 5.89. The molecule has 0 radical (unpaired) electrons. The number of nitrogens with two attached hydrogens (primary N) is 1. The fraction of sp³-hybridized carbons (Fsp3) is 1.00. The molecule has 0 aromatic carbocycles. The first kappa shape index (κ1) is 9.47. The summed E-state index contributed by atoms with van der Waals surface area (Å²) in [4.78, 5) is 0. The molecule has 2 fully saturated rings. The van der Waals surface area contributed by atoms with Crippen molar-refractivity contribution in [1.29, 1.82) is 0 Å². The van der Waals surface area contributed by atoms with Gasteiger partial charge in [0.2, 0.25) is 0 Å². The average molecular weight is 182 g/mol. The highest BCUT2D eigenvalue weighted by molar-refractivity contribution is 4.86. The monoisotopic (exact) mass is 182 g/mol. The van der Waals surface area contributed by atoms with Crippen LogP contribution in [0.15, 0.2) is 0 Å². The molecule has 2 heteroatoms. The Balaban J connectivity index is 1.71. The van der Waals surface area contributed by atoms with Crippen LogP contribution in [0.25, 0.3) is 0 Å². The lowest BCUT2D eigenvalue weighted by Crippen LogP contribution is -2.38. The van der Waals surface area contributed by atoms with Crippen molar-refractivity contribution in [2.75, 3.05) is 0 Å². The summed E-state index contributed by atoms with van der Waals surface area (Å²) in [6.07, 6.45) is 10.8. The maximum absolute atomic E-state index is 5.89. The van der Waals surface area contributed by atoms with Crippen LogP contribution in [0.1, 0.15) is 51.4 Å². The molecule has 3 N–H and O–H groups in total. The van der Waals surface area contributed by atoms with Crippen LogP contribution >= 0.6 is 0 Å². The van der Waals surface area contributed by atoms with Crippen molar-refractivity contribution in [2.45, 2.75) is 69.5 Å². The largest absolute Gasteiger partial charge is 0.328 e. The zero-order chi connectivity index (χ0) is 9.10. The molecule has 2 aliphatic rings.